The molecule has 0 bridgehead atoms. The Labute approximate surface area is 129 Å². The Morgan fingerprint density at radius 1 is 1.43 bits per heavy atom. The highest BCUT2D eigenvalue weighted by atomic mass is 32.2. The van der Waals surface area contributed by atoms with Gasteiger partial charge in [-0.2, -0.15) is 0 Å². The maximum Gasteiger partial charge on any atom is 0.265 e. The van der Waals surface area contributed by atoms with E-state index in [1.807, 2.05) is 0 Å². The van der Waals surface area contributed by atoms with Crippen molar-refractivity contribution in [3.8, 4) is 0 Å². The van der Waals surface area contributed by atoms with Crippen LogP contribution in [0.15, 0.2) is 4.90 Å². The molecule has 0 aliphatic heterocycles. The summed E-state index contributed by atoms with van der Waals surface area (Å²) in [5.41, 5.74) is 5.94. The SMILES string of the molecule is CCS(=O)(=O)c1c(NCCOC)sc(C(=O)N(C)C)c1N. The molecule has 0 saturated carbocycles. The second-order valence-electron chi connectivity index (χ2n) is 4.53. The fourth-order valence-corrected chi connectivity index (χ4v) is 4.34. The van der Waals surface area contributed by atoms with Crippen LogP contribution < -0.4 is 11.1 Å². The van der Waals surface area contributed by atoms with Crippen LogP contribution in [0.25, 0.3) is 0 Å². The summed E-state index contributed by atoms with van der Waals surface area (Å²) in [6, 6.07) is 0. The van der Waals surface area contributed by atoms with E-state index in [4.69, 9.17) is 10.5 Å². The zero-order chi connectivity index (χ0) is 16.2. The molecule has 9 heteroatoms. The molecule has 1 rings (SSSR count). The standard InChI is InChI=1S/C12H21N3O4S2/c1-5-21(17,18)10-8(13)9(12(16)15(2)3)20-11(10)14-6-7-19-4/h14H,5-7,13H2,1-4H3. The van der Waals surface area contributed by atoms with E-state index < -0.39 is 9.84 Å². The number of ether oxygens (including phenoxy) is 1. The monoisotopic (exact) mass is 335 g/mol. The summed E-state index contributed by atoms with van der Waals surface area (Å²) in [5, 5.41) is 3.36. The van der Waals surface area contributed by atoms with E-state index in [0.717, 1.165) is 11.3 Å². The minimum Gasteiger partial charge on any atom is -0.396 e. The lowest BCUT2D eigenvalue weighted by Crippen LogP contribution is -2.21. The normalized spacial score (nSPS) is 11.4. The molecular formula is C12H21N3O4S2. The molecule has 0 unspecified atom stereocenters. The lowest BCUT2D eigenvalue weighted by molar-refractivity contribution is 0.0833. The molecule has 3 N–H and O–H groups in total. The summed E-state index contributed by atoms with van der Waals surface area (Å²) in [6.07, 6.45) is 0. The molecule has 0 radical (unpaired) electrons. The van der Waals surface area contributed by atoms with Gasteiger partial charge in [0, 0.05) is 27.7 Å². The number of carbonyl (C=O) groups excluding carboxylic acids is 1. The summed E-state index contributed by atoms with van der Waals surface area (Å²) >= 11 is 1.05. The number of nitrogens with zero attached hydrogens (tertiary/aromatic N) is 1. The highest BCUT2D eigenvalue weighted by Crippen LogP contribution is 2.40. The summed E-state index contributed by atoms with van der Waals surface area (Å²) in [7, 11) is 1.21. The van der Waals surface area contributed by atoms with Gasteiger partial charge in [0.1, 0.15) is 14.8 Å². The Kier molecular flexibility index (Phi) is 5.99. The van der Waals surface area contributed by atoms with Crippen molar-refractivity contribution in [2.45, 2.75) is 11.8 Å². The average molecular weight is 335 g/mol. The Morgan fingerprint density at radius 2 is 2.05 bits per heavy atom. The molecular weight excluding hydrogens is 314 g/mol. The minimum atomic E-state index is -3.52. The topological polar surface area (TPSA) is 102 Å². The number of hydrogen-bond donors (Lipinski definition) is 2. The summed E-state index contributed by atoms with van der Waals surface area (Å²) in [4.78, 5) is 13.7. The molecule has 0 atom stereocenters. The van der Waals surface area contributed by atoms with Crippen LogP contribution in [0.4, 0.5) is 10.7 Å². The number of amides is 1. The quantitative estimate of drug-likeness (QED) is 0.717. The van der Waals surface area contributed by atoms with Gasteiger partial charge >= 0.3 is 0 Å². The maximum atomic E-state index is 12.2. The number of rotatable bonds is 7. The van der Waals surface area contributed by atoms with E-state index >= 15 is 0 Å². The highest BCUT2D eigenvalue weighted by Gasteiger charge is 2.29. The summed E-state index contributed by atoms with van der Waals surface area (Å²) in [5.74, 6) is -0.396. The van der Waals surface area contributed by atoms with Gasteiger partial charge in [0.05, 0.1) is 18.0 Å². The van der Waals surface area contributed by atoms with Crippen molar-refractivity contribution in [2.24, 2.45) is 0 Å². The van der Waals surface area contributed by atoms with Crippen LogP contribution in [0.3, 0.4) is 0 Å². The molecule has 1 aromatic heterocycles. The number of nitrogen functional groups attached to an aromatic ring is 1. The fourth-order valence-electron chi connectivity index (χ4n) is 1.63. The van der Waals surface area contributed by atoms with E-state index in [2.05, 4.69) is 5.32 Å². The number of sulfone groups is 1. The third-order valence-corrected chi connectivity index (χ3v) is 5.87. The van der Waals surface area contributed by atoms with Gasteiger partial charge in [0.2, 0.25) is 0 Å². The van der Waals surface area contributed by atoms with Gasteiger partial charge in [0.15, 0.2) is 9.84 Å². The first-order valence-electron chi connectivity index (χ1n) is 6.35. The van der Waals surface area contributed by atoms with Crippen LogP contribution in [0, 0.1) is 0 Å². The van der Waals surface area contributed by atoms with Gasteiger partial charge in [-0.05, 0) is 0 Å². The second-order valence-corrected chi connectivity index (χ2v) is 7.76. The lowest BCUT2D eigenvalue weighted by Gasteiger charge is -2.09. The summed E-state index contributed by atoms with van der Waals surface area (Å²) < 4.78 is 29.3. The maximum absolute atomic E-state index is 12.2. The van der Waals surface area contributed by atoms with Crippen LogP contribution in [0.2, 0.25) is 0 Å². The van der Waals surface area contributed by atoms with Crippen molar-refractivity contribution in [1.29, 1.82) is 0 Å². The van der Waals surface area contributed by atoms with Crippen LogP contribution >= 0.6 is 11.3 Å². The van der Waals surface area contributed by atoms with E-state index in [9.17, 15) is 13.2 Å². The van der Waals surface area contributed by atoms with Crippen molar-refractivity contribution in [3.05, 3.63) is 4.88 Å². The molecule has 0 aliphatic carbocycles. The van der Waals surface area contributed by atoms with Crippen LogP contribution in [0.1, 0.15) is 16.6 Å². The van der Waals surface area contributed by atoms with Gasteiger partial charge in [-0.25, -0.2) is 8.42 Å². The number of anilines is 2. The lowest BCUT2D eigenvalue weighted by atomic mass is 10.3. The third-order valence-electron chi connectivity index (χ3n) is 2.78. The zero-order valence-corrected chi connectivity index (χ0v) is 14.2. The Balaban J connectivity index is 3.34. The molecule has 0 spiro atoms. The second kappa shape index (κ2) is 7.10. The zero-order valence-electron chi connectivity index (χ0n) is 12.6. The number of methoxy groups -OCH3 is 1. The predicted molar refractivity (Wildman–Crippen MR) is 84.8 cm³/mol. The van der Waals surface area contributed by atoms with E-state index in [1.54, 1.807) is 28.1 Å². The molecule has 1 aromatic rings. The van der Waals surface area contributed by atoms with E-state index in [1.165, 1.54) is 4.90 Å². The fraction of sp³-hybridized carbons (Fsp3) is 0.583. The van der Waals surface area contributed by atoms with Gasteiger partial charge in [-0.3, -0.25) is 4.79 Å². The first-order chi connectivity index (χ1) is 9.76. The van der Waals surface area contributed by atoms with Crippen LogP contribution in [-0.4, -0.2) is 59.3 Å². The molecule has 1 heterocycles. The molecule has 1 amide bonds. The summed E-state index contributed by atoms with van der Waals surface area (Å²) in [6.45, 7) is 2.39. The average Bonchev–Trinajstić information content (AvgIpc) is 2.75. The first kappa shape index (κ1) is 17.7. The molecule has 120 valence electrons. The Morgan fingerprint density at radius 3 is 2.52 bits per heavy atom. The molecule has 21 heavy (non-hydrogen) atoms. The van der Waals surface area contributed by atoms with Crippen molar-refractivity contribution in [3.63, 3.8) is 0 Å². The highest BCUT2D eigenvalue weighted by molar-refractivity contribution is 7.91. The van der Waals surface area contributed by atoms with E-state index in [0.29, 0.717) is 18.2 Å². The number of thiophene rings is 1. The molecule has 7 nitrogen and oxygen atoms in total. The van der Waals surface area contributed by atoms with Gasteiger partial charge in [0.25, 0.3) is 5.91 Å². The number of nitrogens with two attached hydrogens (primary N) is 1. The number of nitrogens with one attached hydrogen (secondary N) is 1. The molecule has 0 aliphatic rings. The van der Waals surface area contributed by atoms with E-state index in [-0.39, 0.29) is 27.1 Å². The predicted octanol–water partition coefficient (Wildman–Crippen LogP) is 0.884. The van der Waals surface area contributed by atoms with Gasteiger partial charge < -0.3 is 20.7 Å². The smallest absolute Gasteiger partial charge is 0.265 e. The van der Waals surface area contributed by atoms with Gasteiger partial charge in [-0.15, -0.1) is 11.3 Å². The van der Waals surface area contributed by atoms with Crippen LogP contribution in [-0.2, 0) is 14.6 Å². The van der Waals surface area contributed by atoms with Gasteiger partial charge in [-0.1, -0.05) is 6.92 Å². The first-order valence-corrected chi connectivity index (χ1v) is 8.82. The number of carbonyl (C=O) groups is 1. The molecule has 0 saturated heterocycles. The van der Waals surface area contributed by atoms with Crippen molar-refractivity contribution in [1.82, 2.24) is 4.90 Å². The molecule has 0 aromatic carbocycles. The van der Waals surface area contributed by atoms with Crippen LogP contribution in [0.5, 0.6) is 0 Å². The van der Waals surface area contributed by atoms with Crippen molar-refractivity contribution in [2.75, 3.05) is 51.2 Å². The number of hydrogen-bond acceptors (Lipinski definition) is 7. The van der Waals surface area contributed by atoms with Crippen molar-refractivity contribution < 1.29 is 17.9 Å². The molecule has 0 fully saturated rings. The minimum absolute atomic E-state index is 0.0105. The Hall–Kier alpha value is -1.32. The third kappa shape index (κ3) is 3.86. The Bertz CT molecular complexity index is 608. The van der Waals surface area contributed by atoms with Crippen molar-refractivity contribution >= 4 is 37.8 Å². The largest absolute Gasteiger partial charge is 0.396 e.